The van der Waals surface area contributed by atoms with E-state index in [1.807, 2.05) is 73.6 Å². The zero-order valence-corrected chi connectivity index (χ0v) is 19.1. The molecule has 0 aliphatic carbocycles. The summed E-state index contributed by atoms with van der Waals surface area (Å²) in [7, 11) is 3.64. The third-order valence-electron chi connectivity index (χ3n) is 6.12. The summed E-state index contributed by atoms with van der Waals surface area (Å²) in [6.45, 7) is 4.58. The number of fused-ring (bicyclic) bond motifs is 2. The molecule has 1 aliphatic rings. The van der Waals surface area contributed by atoms with Crippen LogP contribution in [0.25, 0.3) is 10.8 Å². The molecule has 33 heavy (non-hydrogen) atoms. The van der Waals surface area contributed by atoms with Gasteiger partial charge in [-0.05, 0) is 40.5 Å². The highest BCUT2D eigenvalue weighted by Crippen LogP contribution is 2.27. The molecule has 5 heteroatoms. The van der Waals surface area contributed by atoms with Gasteiger partial charge in [0.15, 0.2) is 0 Å². The van der Waals surface area contributed by atoms with E-state index in [1.54, 1.807) is 17.1 Å². The van der Waals surface area contributed by atoms with Crippen LogP contribution in [0.1, 0.15) is 21.5 Å². The zero-order chi connectivity index (χ0) is 23.4. The largest absolute Gasteiger partial charge is 0.373 e. The predicted molar refractivity (Wildman–Crippen MR) is 133 cm³/mol. The van der Waals surface area contributed by atoms with Crippen molar-refractivity contribution in [3.05, 3.63) is 108 Å². The van der Waals surface area contributed by atoms with E-state index in [-0.39, 0.29) is 17.9 Å². The molecule has 3 aromatic rings. The lowest BCUT2D eigenvalue weighted by atomic mass is 9.92. The summed E-state index contributed by atoms with van der Waals surface area (Å²) in [6, 6.07) is 21.8. The van der Waals surface area contributed by atoms with Gasteiger partial charge in [0.2, 0.25) is 0 Å². The van der Waals surface area contributed by atoms with Gasteiger partial charge in [0.25, 0.3) is 11.8 Å². The Hall–Kier alpha value is -3.86. The van der Waals surface area contributed by atoms with Crippen molar-refractivity contribution in [2.75, 3.05) is 20.6 Å². The number of allylic oxidation sites excluding steroid dienone is 2. The van der Waals surface area contributed by atoms with E-state index in [1.165, 1.54) is 5.56 Å². The molecule has 0 aromatic heterocycles. The van der Waals surface area contributed by atoms with Gasteiger partial charge in [-0.2, -0.15) is 0 Å². The summed E-state index contributed by atoms with van der Waals surface area (Å²) in [5, 5.41) is 5.01. The Morgan fingerprint density at radius 1 is 1.03 bits per heavy atom. The number of carbonyl (C=O) groups excluding carboxylic acids is 2. The summed E-state index contributed by atoms with van der Waals surface area (Å²) in [4.78, 5) is 30.3. The average Bonchev–Trinajstić information content (AvgIpc) is 2.84. The Morgan fingerprint density at radius 2 is 1.73 bits per heavy atom. The van der Waals surface area contributed by atoms with Gasteiger partial charge in [-0.3, -0.25) is 9.59 Å². The van der Waals surface area contributed by atoms with Crippen molar-refractivity contribution in [2.24, 2.45) is 0 Å². The van der Waals surface area contributed by atoms with Gasteiger partial charge in [-0.1, -0.05) is 73.3 Å². The van der Waals surface area contributed by atoms with E-state index in [4.69, 9.17) is 0 Å². The molecule has 1 heterocycles. The molecular formula is C28H29N3O2. The van der Waals surface area contributed by atoms with Crippen molar-refractivity contribution in [1.82, 2.24) is 15.1 Å². The molecule has 2 amide bonds. The number of amides is 2. The van der Waals surface area contributed by atoms with Crippen LogP contribution in [0.3, 0.4) is 0 Å². The van der Waals surface area contributed by atoms with Crippen molar-refractivity contribution in [1.29, 1.82) is 0 Å². The molecule has 1 atom stereocenters. The smallest absolute Gasteiger partial charge is 0.267 e. The Bertz CT molecular complexity index is 1220. The van der Waals surface area contributed by atoms with Gasteiger partial charge in [0, 0.05) is 32.7 Å². The number of benzene rings is 3. The van der Waals surface area contributed by atoms with E-state index < -0.39 is 0 Å². The van der Waals surface area contributed by atoms with Crippen LogP contribution < -0.4 is 5.32 Å². The van der Waals surface area contributed by atoms with Crippen LogP contribution in [-0.2, 0) is 17.8 Å². The fraction of sp³-hybridized carbons (Fsp3) is 0.214. The molecule has 0 bridgehead atoms. The van der Waals surface area contributed by atoms with Crippen LogP contribution in [0.2, 0.25) is 0 Å². The minimum Gasteiger partial charge on any atom is -0.373 e. The van der Waals surface area contributed by atoms with Gasteiger partial charge in [0.05, 0.1) is 6.04 Å². The van der Waals surface area contributed by atoms with E-state index in [2.05, 4.69) is 24.0 Å². The van der Waals surface area contributed by atoms with Crippen LogP contribution in [0.5, 0.6) is 0 Å². The minimum absolute atomic E-state index is 0.0185. The highest BCUT2D eigenvalue weighted by atomic mass is 16.2. The maximum absolute atomic E-state index is 13.8. The first-order valence-electron chi connectivity index (χ1n) is 11.1. The summed E-state index contributed by atoms with van der Waals surface area (Å²) >= 11 is 0. The van der Waals surface area contributed by atoms with Crippen LogP contribution in [0.4, 0.5) is 0 Å². The van der Waals surface area contributed by atoms with E-state index in [9.17, 15) is 9.59 Å². The predicted octanol–water partition coefficient (Wildman–Crippen LogP) is 4.15. The van der Waals surface area contributed by atoms with Gasteiger partial charge >= 0.3 is 0 Å². The molecule has 0 spiro atoms. The first-order chi connectivity index (χ1) is 16.0. The second-order valence-corrected chi connectivity index (χ2v) is 8.48. The number of nitrogens with zero attached hydrogens (tertiary/aromatic N) is 2. The van der Waals surface area contributed by atoms with E-state index >= 15 is 0 Å². The van der Waals surface area contributed by atoms with Crippen molar-refractivity contribution >= 4 is 22.6 Å². The van der Waals surface area contributed by atoms with Crippen molar-refractivity contribution in [3.8, 4) is 0 Å². The quantitative estimate of drug-likeness (QED) is 0.464. The molecule has 4 rings (SSSR count). The maximum Gasteiger partial charge on any atom is 0.267 e. The van der Waals surface area contributed by atoms with E-state index in [0.717, 1.165) is 16.3 Å². The Labute approximate surface area is 195 Å². The molecule has 0 saturated heterocycles. The van der Waals surface area contributed by atoms with Crippen LogP contribution in [0.15, 0.2) is 91.2 Å². The number of hydrogen-bond acceptors (Lipinski definition) is 3. The number of rotatable bonds is 6. The lowest BCUT2D eigenvalue weighted by Gasteiger charge is -2.37. The topological polar surface area (TPSA) is 52.7 Å². The van der Waals surface area contributed by atoms with Gasteiger partial charge in [0.1, 0.15) is 5.70 Å². The minimum atomic E-state index is -0.184. The highest BCUT2D eigenvalue weighted by Gasteiger charge is 2.31. The molecule has 0 fully saturated rings. The zero-order valence-electron chi connectivity index (χ0n) is 19.1. The fourth-order valence-electron chi connectivity index (χ4n) is 4.41. The lowest BCUT2D eigenvalue weighted by Crippen LogP contribution is -2.50. The number of carbonyl (C=O) groups is 2. The van der Waals surface area contributed by atoms with E-state index in [0.29, 0.717) is 30.8 Å². The average molecular weight is 440 g/mol. The standard InChI is InChI=1S/C28H29N3O2/c1-4-10-26(30(2)3)27(32)29-18-23-17-21-12-5-6-13-22(21)19-31(23)28(33)25-16-9-14-20-11-7-8-15-24(20)25/h4-16,23H,1,17-19H2,2-3H3,(H,29,32)/b26-10-. The summed E-state index contributed by atoms with van der Waals surface area (Å²) in [6.07, 6.45) is 3.97. The number of likely N-dealkylation sites (N-methyl/N-ethyl adjacent to an activating group) is 1. The second-order valence-electron chi connectivity index (χ2n) is 8.48. The van der Waals surface area contributed by atoms with Crippen LogP contribution >= 0.6 is 0 Å². The molecule has 1 aliphatic heterocycles. The Morgan fingerprint density at radius 3 is 2.48 bits per heavy atom. The van der Waals surface area contributed by atoms with Crippen molar-refractivity contribution in [2.45, 2.75) is 19.0 Å². The number of hydrogen-bond donors (Lipinski definition) is 1. The van der Waals surface area contributed by atoms with Crippen LogP contribution in [0, 0.1) is 0 Å². The molecule has 0 saturated carbocycles. The van der Waals surface area contributed by atoms with Gasteiger partial charge in [-0.25, -0.2) is 0 Å². The fourth-order valence-corrected chi connectivity index (χ4v) is 4.41. The van der Waals surface area contributed by atoms with Crippen molar-refractivity contribution < 1.29 is 9.59 Å². The first kappa shape index (κ1) is 22.3. The molecular weight excluding hydrogens is 410 g/mol. The first-order valence-corrected chi connectivity index (χ1v) is 11.1. The van der Waals surface area contributed by atoms with Crippen molar-refractivity contribution in [3.63, 3.8) is 0 Å². The van der Waals surface area contributed by atoms with Crippen LogP contribution in [-0.4, -0.2) is 48.3 Å². The third-order valence-corrected chi connectivity index (χ3v) is 6.12. The normalized spacial score (nSPS) is 15.6. The molecule has 5 nitrogen and oxygen atoms in total. The van der Waals surface area contributed by atoms with Gasteiger partial charge in [-0.15, -0.1) is 0 Å². The molecule has 0 radical (unpaired) electrons. The molecule has 1 N–H and O–H groups in total. The number of nitrogens with one attached hydrogen (secondary N) is 1. The highest BCUT2D eigenvalue weighted by molar-refractivity contribution is 6.07. The van der Waals surface area contributed by atoms with Gasteiger partial charge < -0.3 is 15.1 Å². The maximum atomic E-state index is 13.8. The summed E-state index contributed by atoms with van der Waals surface area (Å²) in [5.41, 5.74) is 3.57. The summed E-state index contributed by atoms with van der Waals surface area (Å²) in [5.74, 6) is -0.202. The second kappa shape index (κ2) is 9.74. The monoisotopic (exact) mass is 439 g/mol. The lowest BCUT2D eigenvalue weighted by molar-refractivity contribution is -0.119. The SMILES string of the molecule is C=C/C=C(/C(=O)NCC1Cc2ccccc2CN1C(=O)c1cccc2ccccc12)N(C)C. The molecule has 3 aromatic carbocycles. The Kier molecular flexibility index (Phi) is 6.59. The Balaban J connectivity index is 1.64. The third kappa shape index (κ3) is 4.67. The molecule has 168 valence electrons. The summed E-state index contributed by atoms with van der Waals surface area (Å²) < 4.78 is 0. The molecule has 1 unspecified atom stereocenters.